The molecule has 0 spiro atoms. The standard InChI is InChI=1S/C27H26FN5O3S/c1-13(2)23-24-22(26(35)31-23)21(18-11-12-19(37-18)25(34)29-4)20(27-33-32-14(3)36-27)17(30-24)10-7-15-5-8-16(28)9-6-15/h5-6,8-9,11-13,23H,7,10H2,1-4H3,(H,29,34)(H,31,35). The van der Waals surface area contributed by atoms with Crippen LogP contribution in [0.3, 0.4) is 0 Å². The van der Waals surface area contributed by atoms with Gasteiger partial charge < -0.3 is 15.1 Å². The molecule has 1 aliphatic rings. The second kappa shape index (κ2) is 9.85. The SMILES string of the molecule is CNC(=O)c1ccc(-c2c3c(nc(CCc4ccc(F)cc4)c2-c2nnc(C)o2)C(C(C)C)NC3=O)s1. The summed E-state index contributed by atoms with van der Waals surface area (Å²) in [7, 11) is 1.58. The Morgan fingerprint density at radius 2 is 1.86 bits per heavy atom. The van der Waals surface area contributed by atoms with Crippen LogP contribution in [0.5, 0.6) is 0 Å². The largest absolute Gasteiger partial charge is 0.421 e. The molecule has 8 nitrogen and oxygen atoms in total. The number of carbonyl (C=O) groups excluding carboxylic acids is 2. The highest BCUT2D eigenvalue weighted by atomic mass is 32.1. The second-order valence-electron chi connectivity index (χ2n) is 9.26. The predicted molar refractivity (Wildman–Crippen MR) is 138 cm³/mol. The quantitative estimate of drug-likeness (QED) is 0.360. The highest BCUT2D eigenvalue weighted by Crippen LogP contribution is 2.45. The molecule has 0 bridgehead atoms. The molecule has 1 aromatic carbocycles. The summed E-state index contributed by atoms with van der Waals surface area (Å²) >= 11 is 1.29. The topological polar surface area (TPSA) is 110 Å². The molecule has 0 aliphatic carbocycles. The van der Waals surface area contributed by atoms with Gasteiger partial charge in [-0.1, -0.05) is 26.0 Å². The molecule has 1 unspecified atom stereocenters. The molecule has 10 heteroatoms. The number of nitrogens with one attached hydrogen (secondary N) is 2. The number of thiophene rings is 1. The van der Waals surface area contributed by atoms with Crippen LogP contribution in [-0.2, 0) is 12.8 Å². The average molecular weight is 520 g/mol. The number of carbonyl (C=O) groups is 2. The van der Waals surface area contributed by atoms with Crippen molar-refractivity contribution in [1.82, 2.24) is 25.8 Å². The predicted octanol–water partition coefficient (Wildman–Crippen LogP) is 4.89. The summed E-state index contributed by atoms with van der Waals surface area (Å²) in [5.74, 6) is 0.0153. The van der Waals surface area contributed by atoms with E-state index < -0.39 is 0 Å². The normalized spacial score (nSPS) is 14.6. The van der Waals surface area contributed by atoms with Crippen molar-refractivity contribution in [2.24, 2.45) is 5.92 Å². The fourth-order valence-electron chi connectivity index (χ4n) is 4.56. The Morgan fingerprint density at radius 3 is 2.51 bits per heavy atom. The van der Waals surface area contributed by atoms with Crippen molar-refractivity contribution in [3.8, 4) is 21.9 Å². The van der Waals surface area contributed by atoms with E-state index in [0.717, 1.165) is 10.4 Å². The third-order valence-electron chi connectivity index (χ3n) is 6.38. The van der Waals surface area contributed by atoms with Crippen molar-refractivity contribution >= 4 is 23.2 Å². The molecule has 5 rings (SSSR count). The molecule has 1 aliphatic heterocycles. The number of rotatable bonds is 7. The van der Waals surface area contributed by atoms with Gasteiger partial charge in [0.15, 0.2) is 0 Å². The summed E-state index contributed by atoms with van der Waals surface area (Å²) in [6.07, 6.45) is 1.09. The van der Waals surface area contributed by atoms with Crippen LogP contribution in [0, 0.1) is 18.7 Å². The second-order valence-corrected chi connectivity index (χ2v) is 10.3. The molecule has 3 aromatic heterocycles. The number of aromatic nitrogens is 3. The zero-order chi connectivity index (χ0) is 26.3. The third-order valence-corrected chi connectivity index (χ3v) is 7.48. The minimum Gasteiger partial charge on any atom is -0.421 e. The van der Waals surface area contributed by atoms with Crippen molar-refractivity contribution in [1.29, 1.82) is 0 Å². The van der Waals surface area contributed by atoms with E-state index in [1.54, 1.807) is 32.2 Å². The highest BCUT2D eigenvalue weighted by Gasteiger charge is 2.38. The summed E-state index contributed by atoms with van der Waals surface area (Å²) in [5.41, 5.74) is 3.97. The van der Waals surface area contributed by atoms with Crippen molar-refractivity contribution < 1.29 is 18.4 Å². The number of hydrogen-bond donors (Lipinski definition) is 2. The van der Waals surface area contributed by atoms with Crippen molar-refractivity contribution in [3.63, 3.8) is 0 Å². The lowest BCUT2D eigenvalue weighted by Crippen LogP contribution is -2.23. The maximum absolute atomic E-state index is 13.5. The van der Waals surface area contributed by atoms with Crippen LogP contribution in [0.15, 0.2) is 40.8 Å². The van der Waals surface area contributed by atoms with Crippen LogP contribution in [0.1, 0.15) is 62.8 Å². The Hall–Kier alpha value is -3.92. The molecule has 190 valence electrons. The first-order chi connectivity index (χ1) is 17.8. The maximum Gasteiger partial charge on any atom is 0.261 e. The average Bonchev–Trinajstić information content (AvgIpc) is 3.61. The van der Waals surface area contributed by atoms with Crippen molar-refractivity contribution in [2.45, 2.75) is 39.7 Å². The van der Waals surface area contributed by atoms with E-state index >= 15 is 0 Å². The van der Waals surface area contributed by atoms with E-state index in [1.165, 1.54) is 23.5 Å². The molecule has 4 aromatic rings. The van der Waals surface area contributed by atoms with Crippen molar-refractivity contribution in [3.05, 3.63) is 75.5 Å². The Labute approximate surface area is 217 Å². The van der Waals surface area contributed by atoms with E-state index in [2.05, 4.69) is 20.8 Å². The third kappa shape index (κ3) is 4.64. The van der Waals surface area contributed by atoms with Crippen LogP contribution in [0.2, 0.25) is 0 Å². The van der Waals surface area contributed by atoms with Gasteiger partial charge in [0.25, 0.3) is 11.8 Å². The summed E-state index contributed by atoms with van der Waals surface area (Å²) in [6.45, 7) is 5.76. The number of aryl methyl sites for hydroxylation is 3. The number of amides is 2. The van der Waals surface area contributed by atoms with Crippen LogP contribution in [0.25, 0.3) is 21.9 Å². The first kappa shape index (κ1) is 24.8. The summed E-state index contributed by atoms with van der Waals surface area (Å²) in [4.78, 5) is 32.0. The Kier molecular flexibility index (Phi) is 6.59. The van der Waals surface area contributed by atoms with E-state index in [0.29, 0.717) is 51.7 Å². The van der Waals surface area contributed by atoms with Gasteiger partial charge in [0.2, 0.25) is 11.8 Å². The number of benzene rings is 1. The number of fused-ring (bicyclic) bond motifs is 1. The molecule has 0 fully saturated rings. The van der Waals surface area contributed by atoms with E-state index in [1.807, 2.05) is 19.9 Å². The van der Waals surface area contributed by atoms with Gasteiger partial charge in [-0.25, -0.2) is 4.39 Å². The van der Waals surface area contributed by atoms with Crippen LogP contribution >= 0.6 is 11.3 Å². The molecule has 0 saturated carbocycles. The van der Waals surface area contributed by atoms with Gasteiger partial charge in [-0.3, -0.25) is 14.6 Å². The molecule has 1 atom stereocenters. The monoisotopic (exact) mass is 519 g/mol. The minimum absolute atomic E-state index is 0.108. The lowest BCUT2D eigenvalue weighted by atomic mass is 9.92. The van der Waals surface area contributed by atoms with E-state index in [-0.39, 0.29) is 35.5 Å². The minimum atomic E-state index is -0.294. The zero-order valence-electron chi connectivity index (χ0n) is 20.9. The van der Waals surface area contributed by atoms with Crippen LogP contribution in [-0.4, -0.2) is 34.0 Å². The van der Waals surface area contributed by atoms with Crippen LogP contribution in [0.4, 0.5) is 4.39 Å². The summed E-state index contributed by atoms with van der Waals surface area (Å²) in [6, 6.07) is 9.67. The van der Waals surface area contributed by atoms with Gasteiger partial charge in [0.05, 0.1) is 33.4 Å². The van der Waals surface area contributed by atoms with Crippen LogP contribution < -0.4 is 10.6 Å². The maximum atomic E-state index is 13.5. The Balaban J connectivity index is 1.75. The van der Waals surface area contributed by atoms with Gasteiger partial charge in [0, 0.05) is 24.4 Å². The highest BCUT2D eigenvalue weighted by molar-refractivity contribution is 7.17. The zero-order valence-corrected chi connectivity index (χ0v) is 21.7. The number of hydrogen-bond acceptors (Lipinski definition) is 7. The number of nitrogens with zero attached hydrogens (tertiary/aromatic N) is 3. The first-order valence-electron chi connectivity index (χ1n) is 12.0. The fraction of sp³-hybridized carbons (Fsp3) is 0.296. The van der Waals surface area contributed by atoms with Gasteiger partial charge in [-0.05, 0) is 48.6 Å². The number of halogens is 1. The lowest BCUT2D eigenvalue weighted by molar-refractivity contribution is 0.0946. The van der Waals surface area contributed by atoms with Gasteiger partial charge >= 0.3 is 0 Å². The first-order valence-corrected chi connectivity index (χ1v) is 12.8. The molecule has 37 heavy (non-hydrogen) atoms. The van der Waals surface area contributed by atoms with E-state index in [4.69, 9.17) is 9.40 Å². The molecular weight excluding hydrogens is 493 g/mol. The molecule has 0 saturated heterocycles. The molecule has 2 N–H and O–H groups in total. The van der Waals surface area contributed by atoms with Crippen molar-refractivity contribution in [2.75, 3.05) is 7.05 Å². The molecule has 4 heterocycles. The van der Waals surface area contributed by atoms with Gasteiger partial charge in [-0.15, -0.1) is 21.5 Å². The summed E-state index contributed by atoms with van der Waals surface area (Å²) < 4.78 is 19.3. The molecule has 0 radical (unpaired) electrons. The lowest BCUT2D eigenvalue weighted by Gasteiger charge is -2.18. The van der Waals surface area contributed by atoms with E-state index in [9.17, 15) is 14.0 Å². The van der Waals surface area contributed by atoms with Gasteiger partial charge in [0.1, 0.15) is 5.82 Å². The Bertz CT molecular complexity index is 1490. The molecular formula is C27H26FN5O3S. The van der Waals surface area contributed by atoms with Gasteiger partial charge in [-0.2, -0.15) is 0 Å². The fourth-order valence-corrected chi connectivity index (χ4v) is 5.57. The molecule has 2 amide bonds. The smallest absolute Gasteiger partial charge is 0.261 e. The number of pyridine rings is 1. The Morgan fingerprint density at radius 1 is 1.11 bits per heavy atom. The summed E-state index contributed by atoms with van der Waals surface area (Å²) in [5, 5.41) is 14.0.